The molecule has 0 aliphatic heterocycles. The van der Waals surface area contributed by atoms with Gasteiger partial charge in [-0.05, 0) is 31.2 Å². The molecule has 6 nitrogen and oxygen atoms in total. The summed E-state index contributed by atoms with van der Waals surface area (Å²) in [6.07, 6.45) is 0. The van der Waals surface area contributed by atoms with E-state index in [2.05, 4.69) is 15.4 Å². The molecular formula is C17H18N4O2. The number of benzene rings is 2. The second kappa shape index (κ2) is 6.08. The van der Waals surface area contributed by atoms with Gasteiger partial charge in [0.15, 0.2) is 0 Å². The third-order valence-electron chi connectivity index (χ3n) is 3.75. The van der Waals surface area contributed by atoms with Crippen LogP contribution in [-0.2, 0) is 6.54 Å². The maximum absolute atomic E-state index is 12.6. The van der Waals surface area contributed by atoms with Crippen molar-refractivity contribution in [3.05, 3.63) is 53.1 Å². The molecule has 0 fully saturated rings. The molecule has 3 aromatic rings. The third kappa shape index (κ3) is 3.01. The number of H-pyrrole nitrogens is 1. The number of carbonyl (C=O) groups excluding carboxylic acids is 1. The van der Waals surface area contributed by atoms with E-state index in [9.17, 15) is 4.79 Å². The van der Waals surface area contributed by atoms with E-state index in [0.29, 0.717) is 17.6 Å². The highest BCUT2D eigenvalue weighted by molar-refractivity contribution is 5.97. The maximum atomic E-state index is 12.6. The summed E-state index contributed by atoms with van der Waals surface area (Å²) in [7, 11) is 3.41. The van der Waals surface area contributed by atoms with Crippen LogP contribution >= 0.6 is 0 Å². The van der Waals surface area contributed by atoms with Gasteiger partial charge in [0.2, 0.25) is 0 Å². The summed E-state index contributed by atoms with van der Waals surface area (Å²) in [6, 6.07) is 11.2. The van der Waals surface area contributed by atoms with Crippen LogP contribution in [0.5, 0.6) is 5.75 Å². The van der Waals surface area contributed by atoms with Gasteiger partial charge in [-0.3, -0.25) is 4.79 Å². The summed E-state index contributed by atoms with van der Waals surface area (Å²) in [5.74, 6) is 0.709. The predicted molar refractivity (Wildman–Crippen MR) is 87.4 cm³/mol. The van der Waals surface area contributed by atoms with Gasteiger partial charge in [0.1, 0.15) is 16.8 Å². The second-order valence-electron chi connectivity index (χ2n) is 5.50. The summed E-state index contributed by atoms with van der Waals surface area (Å²) in [5.41, 5.74) is 4.11. The lowest BCUT2D eigenvalue weighted by atomic mass is 10.1. The normalized spacial score (nSPS) is 10.7. The monoisotopic (exact) mass is 310 g/mol. The van der Waals surface area contributed by atoms with Crippen molar-refractivity contribution < 1.29 is 9.53 Å². The van der Waals surface area contributed by atoms with Crippen LogP contribution in [0.4, 0.5) is 0 Å². The summed E-state index contributed by atoms with van der Waals surface area (Å²) < 4.78 is 5.37. The van der Waals surface area contributed by atoms with Crippen molar-refractivity contribution in [3.8, 4) is 5.75 Å². The van der Waals surface area contributed by atoms with Crippen LogP contribution < -0.4 is 4.74 Å². The average Bonchev–Trinajstić information content (AvgIpc) is 3.01. The van der Waals surface area contributed by atoms with Crippen LogP contribution in [0.3, 0.4) is 0 Å². The molecule has 0 bridgehead atoms. The number of nitrogens with zero attached hydrogens (tertiary/aromatic N) is 3. The number of ether oxygens (including phenoxy) is 1. The molecule has 1 aromatic heterocycles. The van der Waals surface area contributed by atoms with Crippen LogP contribution in [0.1, 0.15) is 21.5 Å². The Labute approximate surface area is 134 Å². The number of rotatable bonds is 4. The van der Waals surface area contributed by atoms with Crippen LogP contribution in [0, 0.1) is 6.92 Å². The van der Waals surface area contributed by atoms with Crippen molar-refractivity contribution in [1.29, 1.82) is 0 Å². The molecule has 1 N–H and O–H groups in total. The Morgan fingerprint density at radius 2 is 1.96 bits per heavy atom. The molecular weight excluding hydrogens is 292 g/mol. The Balaban J connectivity index is 1.83. The maximum Gasteiger partial charge on any atom is 0.253 e. The van der Waals surface area contributed by atoms with E-state index in [4.69, 9.17) is 4.74 Å². The topological polar surface area (TPSA) is 71.1 Å². The molecule has 0 atom stereocenters. The summed E-state index contributed by atoms with van der Waals surface area (Å²) in [5, 5.41) is 10.6. The number of nitrogens with one attached hydrogen (secondary N) is 1. The number of aromatic amines is 1. The predicted octanol–water partition coefficient (Wildman–Crippen LogP) is 2.55. The van der Waals surface area contributed by atoms with E-state index in [1.54, 1.807) is 37.3 Å². The number of amides is 1. The van der Waals surface area contributed by atoms with Crippen molar-refractivity contribution in [2.24, 2.45) is 0 Å². The first-order chi connectivity index (χ1) is 11.1. The number of fused-ring (bicyclic) bond motifs is 1. The highest BCUT2D eigenvalue weighted by Gasteiger charge is 2.15. The van der Waals surface area contributed by atoms with Crippen LogP contribution in [-0.4, -0.2) is 40.4 Å². The SMILES string of the molecule is COc1ccc(C)cc1CN(C)C(=O)c1ccc2n[nH]nc2c1. The molecule has 1 amide bonds. The first-order valence-corrected chi connectivity index (χ1v) is 7.28. The van der Waals surface area contributed by atoms with E-state index >= 15 is 0 Å². The minimum atomic E-state index is -0.0709. The standard InChI is InChI=1S/C17H18N4O2/c1-11-4-7-16(23-3)13(8-11)10-21(2)17(22)12-5-6-14-15(9-12)19-20-18-14/h4-9H,10H2,1-3H3,(H,18,19,20). The molecule has 1 heterocycles. The number of methoxy groups -OCH3 is 1. The molecule has 0 aliphatic carbocycles. The molecule has 6 heteroatoms. The average molecular weight is 310 g/mol. The summed E-state index contributed by atoms with van der Waals surface area (Å²) in [6.45, 7) is 2.49. The van der Waals surface area contributed by atoms with Gasteiger partial charge in [0, 0.05) is 24.7 Å². The Hall–Kier alpha value is -2.89. The summed E-state index contributed by atoms with van der Waals surface area (Å²) >= 11 is 0. The number of carbonyl (C=O) groups is 1. The smallest absolute Gasteiger partial charge is 0.253 e. The summed E-state index contributed by atoms with van der Waals surface area (Å²) in [4.78, 5) is 14.3. The fourth-order valence-electron chi connectivity index (χ4n) is 2.55. The van der Waals surface area contributed by atoms with E-state index in [0.717, 1.165) is 22.4 Å². The van der Waals surface area contributed by atoms with E-state index < -0.39 is 0 Å². The highest BCUT2D eigenvalue weighted by atomic mass is 16.5. The van der Waals surface area contributed by atoms with Gasteiger partial charge in [-0.2, -0.15) is 15.4 Å². The van der Waals surface area contributed by atoms with Crippen molar-refractivity contribution in [3.63, 3.8) is 0 Å². The zero-order chi connectivity index (χ0) is 16.4. The quantitative estimate of drug-likeness (QED) is 0.804. The lowest BCUT2D eigenvalue weighted by molar-refractivity contribution is 0.0784. The Morgan fingerprint density at radius 3 is 2.74 bits per heavy atom. The third-order valence-corrected chi connectivity index (χ3v) is 3.75. The molecule has 0 saturated heterocycles. The minimum absolute atomic E-state index is 0.0709. The van der Waals surface area contributed by atoms with E-state index in [1.807, 2.05) is 25.1 Å². The first-order valence-electron chi connectivity index (χ1n) is 7.28. The molecule has 0 aliphatic rings. The van der Waals surface area contributed by atoms with Crippen LogP contribution in [0.25, 0.3) is 11.0 Å². The van der Waals surface area contributed by atoms with Crippen molar-refractivity contribution >= 4 is 16.9 Å². The van der Waals surface area contributed by atoms with Crippen molar-refractivity contribution in [1.82, 2.24) is 20.3 Å². The molecule has 23 heavy (non-hydrogen) atoms. The Kier molecular flexibility index (Phi) is 3.97. The van der Waals surface area contributed by atoms with Crippen LogP contribution in [0.15, 0.2) is 36.4 Å². The molecule has 0 unspecified atom stereocenters. The second-order valence-corrected chi connectivity index (χ2v) is 5.50. The van der Waals surface area contributed by atoms with E-state index in [-0.39, 0.29) is 5.91 Å². The Bertz CT molecular complexity index is 857. The fourth-order valence-corrected chi connectivity index (χ4v) is 2.55. The lowest BCUT2D eigenvalue weighted by Crippen LogP contribution is -2.26. The first kappa shape index (κ1) is 15.0. The van der Waals surface area contributed by atoms with Gasteiger partial charge in [0.05, 0.1) is 7.11 Å². The van der Waals surface area contributed by atoms with Gasteiger partial charge in [-0.15, -0.1) is 0 Å². The largest absolute Gasteiger partial charge is 0.496 e. The molecule has 3 rings (SSSR count). The number of hydrogen-bond donors (Lipinski definition) is 1. The van der Waals surface area contributed by atoms with Gasteiger partial charge in [-0.1, -0.05) is 17.7 Å². The molecule has 2 aromatic carbocycles. The van der Waals surface area contributed by atoms with Crippen LogP contribution in [0.2, 0.25) is 0 Å². The number of hydrogen-bond acceptors (Lipinski definition) is 4. The highest BCUT2D eigenvalue weighted by Crippen LogP contribution is 2.22. The van der Waals surface area contributed by atoms with Crippen molar-refractivity contribution in [2.75, 3.05) is 14.2 Å². The molecule has 0 saturated carbocycles. The molecule has 0 spiro atoms. The van der Waals surface area contributed by atoms with Gasteiger partial charge in [0.25, 0.3) is 5.91 Å². The zero-order valence-corrected chi connectivity index (χ0v) is 13.3. The fraction of sp³-hybridized carbons (Fsp3) is 0.235. The molecule has 118 valence electrons. The van der Waals surface area contributed by atoms with Gasteiger partial charge < -0.3 is 9.64 Å². The van der Waals surface area contributed by atoms with Gasteiger partial charge >= 0.3 is 0 Å². The Morgan fingerprint density at radius 1 is 1.17 bits per heavy atom. The van der Waals surface area contributed by atoms with Gasteiger partial charge in [-0.25, -0.2) is 0 Å². The minimum Gasteiger partial charge on any atom is -0.496 e. The lowest BCUT2D eigenvalue weighted by Gasteiger charge is -2.19. The number of aryl methyl sites for hydroxylation is 1. The molecule has 0 radical (unpaired) electrons. The number of aromatic nitrogens is 3. The zero-order valence-electron chi connectivity index (χ0n) is 13.3. The van der Waals surface area contributed by atoms with Crippen molar-refractivity contribution in [2.45, 2.75) is 13.5 Å². The van der Waals surface area contributed by atoms with E-state index in [1.165, 1.54) is 0 Å².